The van der Waals surface area contributed by atoms with E-state index in [-0.39, 0.29) is 16.9 Å². The van der Waals surface area contributed by atoms with Gasteiger partial charge >= 0.3 is 11.9 Å². The summed E-state index contributed by atoms with van der Waals surface area (Å²) in [7, 11) is 1.25. The molecular formula is C19H13FO4. The van der Waals surface area contributed by atoms with Crippen molar-refractivity contribution in [2.75, 3.05) is 7.11 Å². The predicted octanol–water partition coefficient (Wildman–Crippen LogP) is 3.98. The van der Waals surface area contributed by atoms with Crippen LogP contribution in [0, 0.1) is 5.82 Å². The minimum absolute atomic E-state index is 0.0546. The van der Waals surface area contributed by atoms with Crippen LogP contribution in [0.5, 0.6) is 5.75 Å². The number of esters is 2. The van der Waals surface area contributed by atoms with Crippen molar-refractivity contribution < 1.29 is 23.5 Å². The highest BCUT2D eigenvalue weighted by Gasteiger charge is 2.18. The van der Waals surface area contributed by atoms with E-state index in [9.17, 15) is 14.0 Å². The molecule has 3 aromatic rings. The number of carbonyl (C=O) groups excluding carboxylic acids is 2. The number of rotatable bonds is 3. The number of benzene rings is 3. The molecule has 0 atom stereocenters. The summed E-state index contributed by atoms with van der Waals surface area (Å²) in [5.74, 6) is -1.86. The summed E-state index contributed by atoms with van der Waals surface area (Å²) in [6, 6.07) is 15.6. The van der Waals surface area contributed by atoms with Crippen molar-refractivity contribution in [3.63, 3.8) is 0 Å². The first kappa shape index (κ1) is 15.7. The summed E-state index contributed by atoms with van der Waals surface area (Å²) in [4.78, 5) is 24.2. The van der Waals surface area contributed by atoms with E-state index in [0.29, 0.717) is 0 Å². The van der Waals surface area contributed by atoms with Gasteiger partial charge in [0.1, 0.15) is 17.1 Å². The molecule has 0 heterocycles. The zero-order chi connectivity index (χ0) is 17.1. The summed E-state index contributed by atoms with van der Waals surface area (Å²) in [5.41, 5.74) is 0.180. The summed E-state index contributed by atoms with van der Waals surface area (Å²) < 4.78 is 23.3. The average Bonchev–Trinajstić information content (AvgIpc) is 2.60. The molecule has 0 radical (unpaired) electrons. The van der Waals surface area contributed by atoms with E-state index < -0.39 is 17.8 Å². The van der Waals surface area contributed by atoms with Crippen LogP contribution in [0.4, 0.5) is 4.39 Å². The van der Waals surface area contributed by atoms with Gasteiger partial charge in [-0.05, 0) is 41.1 Å². The summed E-state index contributed by atoms with van der Waals surface area (Å²) in [6.45, 7) is 0. The number of fused-ring (bicyclic) bond motifs is 1. The third kappa shape index (κ3) is 3.10. The number of carbonyl (C=O) groups is 2. The highest BCUT2D eigenvalue weighted by Crippen LogP contribution is 2.27. The van der Waals surface area contributed by atoms with Gasteiger partial charge in [-0.1, -0.05) is 30.3 Å². The maximum absolute atomic E-state index is 13.3. The van der Waals surface area contributed by atoms with Gasteiger partial charge in [-0.2, -0.15) is 0 Å². The first-order chi connectivity index (χ1) is 11.6. The summed E-state index contributed by atoms with van der Waals surface area (Å²) >= 11 is 0. The van der Waals surface area contributed by atoms with E-state index in [1.54, 1.807) is 12.1 Å². The van der Waals surface area contributed by atoms with Gasteiger partial charge in [-0.15, -0.1) is 0 Å². The van der Waals surface area contributed by atoms with Crippen LogP contribution in [0.2, 0.25) is 0 Å². The molecule has 0 aliphatic carbocycles. The standard InChI is InChI=1S/C19H13FO4/c1-23-19(22)16-10-12-5-2-3-6-13(12)11-17(16)24-18(21)14-7-4-8-15(20)9-14/h2-11H,1H3. The lowest BCUT2D eigenvalue weighted by Gasteiger charge is -2.11. The summed E-state index contributed by atoms with van der Waals surface area (Å²) in [5, 5.41) is 1.61. The largest absolute Gasteiger partial charge is 0.465 e. The number of ether oxygens (including phenoxy) is 2. The molecule has 24 heavy (non-hydrogen) atoms. The van der Waals surface area contributed by atoms with E-state index in [4.69, 9.17) is 9.47 Å². The number of methoxy groups -OCH3 is 1. The second kappa shape index (κ2) is 6.50. The lowest BCUT2D eigenvalue weighted by atomic mass is 10.1. The molecule has 120 valence electrons. The molecule has 0 bridgehead atoms. The molecule has 0 saturated heterocycles. The molecular weight excluding hydrogens is 311 g/mol. The van der Waals surface area contributed by atoms with Crippen molar-refractivity contribution in [2.24, 2.45) is 0 Å². The molecule has 0 aliphatic heterocycles. The Kier molecular flexibility index (Phi) is 4.24. The normalized spacial score (nSPS) is 10.4. The second-order valence-corrected chi connectivity index (χ2v) is 5.09. The molecule has 0 aromatic heterocycles. The van der Waals surface area contributed by atoms with E-state index in [1.165, 1.54) is 25.3 Å². The molecule has 4 nitrogen and oxygen atoms in total. The van der Waals surface area contributed by atoms with Crippen LogP contribution >= 0.6 is 0 Å². The molecule has 3 rings (SSSR count). The molecule has 0 saturated carbocycles. The van der Waals surface area contributed by atoms with Crippen molar-refractivity contribution >= 4 is 22.7 Å². The van der Waals surface area contributed by atoms with Gasteiger partial charge in [0, 0.05) is 0 Å². The predicted molar refractivity (Wildman–Crippen MR) is 86.6 cm³/mol. The van der Waals surface area contributed by atoms with Crippen LogP contribution in [0.1, 0.15) is 20.7 Å². The van der Waals surface area contributed by atoms with Crippen LogP contribution in [0.25, 0.3) is 10.8 Å². The maximum atomic E-state index is 13.3. The zero-order valence-corrected chi connectivity index (χ0v) is 12.8. The van der Waals surface area contributed by atoms with E-state index in [2.05, 4.69) is 0 Å². The van der Waals surface area contributed by atoms with Crippen LogP contribution in [0.3, 0.4) is 0 Å². The van der Waals surface area contributed by atoms with Gasteiger partial charge in [-0.3, -0.25) is 0 Å². The molecule has 5 heteroatoms. The highest BCUT2D eigenvalue weighted by molar-refractivity contribution is 6.00. The van der Waals surface area contributed by atoms with E-state index >= 15 is 0 Å². The Labute approximate surface area is 137 Å². The fraction of sp³-hybridized carbons (Fsp3) is 0.0526. The number of halogens is 1. The Hall–Kier alpha value is -3.21. The molecule has 0 unspecified atom stereocenters. The first-order valence-corrected chi connectivity index (χ1v) is 7.17. The van der Waals surface area contributed by atoms with Gasteiger partial charge in [0.15, 0.2) is 0 Å². The van der Waals surface area contributed by atoms with Gasteiger partial charge in [-0.25, -0.2) is 14.0 Å². The fourth-order valence-corrected chi connectivity index (χ4v) is 2.35. The Balaban J connectivity index is 2.03. The Morgan fingerprint density at radius 1 is 0.875 bits per heavy atom. The molecule has 0 spiro atoms. The SMILES string of the molecule is COC(=O)c1cc2ccccc2cc1OC(=O)c1cccc(F)c1. The monoisotopic (exact) mass is 324 g/mol. The van der Waals surface area contributed by atoms with Gasteiger partial charge < -0.3 is 9.47 Å². The van der Waals surface area contributed by atoms with Crippen molar-refractivity contribution in [3.05, 3.63) is 77.6 Å². The topological polar surface area (TPSA) is 52.6 Å². The smallest absolute Gasteiger partial charge is 0.343 e. The third-order valence-corrected chi connectivity index (χ3v) is 3.52. The fourth-order valence-electron chi connectivity index (χ4n) is 2.35. The minimum Gasteiger partial charge on any atom is -0.465 e. The molecule has 3 aromatic carbocycles. The summed E-state index contributed by atoms with van der Waals surface area (Å²) in [6.07, 6.45) is 0. The average molecular weight is 324 g/mol. The first-order valence-electron chi connectivity index (χ1n) is 7.17. The van der Waals surface area contributed by atoms with E-state index in [0.717, 1.165) is 16.8 Å². The van der Waals surface area contributed by atoms with Crippen molar-refractivity contribution in [2.45, 2.75) is 0 Å². The molecule has 0 fully saturated rings. The molecule has 0 aliphatic rings. The number of hydrogen-bond acceptors (Lipinski definition) is 4. The van der Waals surface area contributed by atoms with Crippen LogP contribution in [-0.2, 0) is 4.74 Å². The highest BCUT2D eigenvalue weighted by atomic mass is 19.1. The van der Waals surface area contributed by atoms with Gasteiger partial charge in [0.05, 0.1) is 12.7 Å². The van der Waals surface area contributed by atoms with Crippen LogP contribution in [-0.4, -0.2) is 19.0 Å². The minimum atomic E-state index is -0.755. The molecule has 0 amide bonds. The lowest BCUT2D eigenvalue weighted by Crippen LogP contribution is -2.12. The Bertz CT molecular complexity index is 934. The van der Waals surface area contributed by atoms with Crippen LogP contribution in [0.15, 0.2) is 60.7 Å². The quantitative estimate of drug-likeness (QED) is 0.540. The van der Waals surface area contributed by atoms with Crippen molar-refractivity contribution in [1.82, 2.24) is 0 Å². The van der Waals surface area contributed by atoms with Crippen molar-refractivity contribution in [3.8, 4) is 5.75 Å². The second-order valence-electron chi connectivity index (χ2n) is 5.09. The zero-order valence-electron chi connectivity index (χ0n) is 12.8. The van der Waals surface area contributed by atoms with Gasteiger partial charge in [0.25, 0.3) is 0 Å². The maximum Gasteiger partial charge on any atom is 0.343 e. The molecule has 0 N–H and O–H groups in total. The Morgan fingerprint density at radius 2 is 1.58 bits per heavy atom. The third-order valence-electron chi connectivity index (χ3n) is 3.52. The van der Waals surface area contributed by atoms with Crippen molar-refractivity contribution in [1.29, 1.82) is 0 Å². The Morgan fingerprint density at radius 3 is 2.25 bits per heavy atom. The van der Waals surface area contributed by atoms with Crippen LogP contribution < -0.4 is 4.74 Å². The lowest BCUT2D eigenvalue weighted by molar-refractivity contribution is 0.0593. The van der Waals surface area contributed by atoms with E-state index in [1.807, 2.05) is 24.3 Å². The number of hydrogen-bond donors (Lipinski definition) is 0. The van der Waals surface area contributed by atoms with Gasteiger partial charge in [0.2, 0.25) is 0 Å².